The third-order valence-corrected chi connectivity index (χ3v) is 5.39. The van der Waals surface area contributed by atoms with Gasteiger partial charge in [-0.15, -0.1) is 12.4 Å². The Balaban J connectivity index is 0.00000208. The summed E-state index contributed by atoms with van der Waals surface area (Å²) in [5, 5.41) is 1.04. The number of hydrogen-bond donors (Lipinski definition) is 0. The molecule has 132 valence electrons. The Morgan fingerprint density at radius 2 is 1.88 bits per heavy atom. The maximum absolute atomic E-state index is 12.8. The standard InChI is InChI=1S/C18H22Cl2N2O.ClH/c19-16-7-6-14(11-17(16)20)12-18(23)22-10-2-1-5-15(22)13-21-8-3-4-9-21;/h3-4,6-7,11,15H,1-2,5,8-10,12-13H2;1H/t15-;/m0./s1. The molecule has 0 unspecified atom stereocenters. The Labute approximate surface area is 160 Å². The molecule has 2 aliphatic rings. The molecule has 24 heavy (non-hydrogen) atoms. The third kappa shape index (κ3) is 4.89. The quantitative estimate of drug-likeness (QED) is 0.720. The van der Waals surface area contributed by atoms with Crippen molar-refractivity contribution in [2.24, 2.45) is 0 Å². The number of halogens is 3. The highest BCUT2D eigenvalue weighted by Gasteiger charge is 2.28. The summed E-state index contributed by atoms with van der Waals surface area (Å²) >= 11 is 12.0. The van der Waals surface area contributed by atoms with Crippen LogP contribution in [-0.4, -0.2) is 47.9 Å². The first kappa shape index (κ1) is 19.6. The number of carbonyl (C=O) groups excluding carboxylic acids is 1. The van der Waals surface area contributed by atoms with Gasteiger partial charge in [0, 0.05) is 32.2 Å². The molecule has 3 nitrogen and oxygen atoms in total. The Kier molecular flexibility index (Phi) is 7.42. The fraction of sp³-hybridized carbons (Fsp3) is 0.500. The van der Waals surface area contributed by atoms with E-state index in [1.54, 1.807) is 12.1 Å². The van der Waals surface area contributed by atoms with Crippen LogP contribution in [0.4, 0.5) is 0 Å². The molecule has 0 N–H and O–H groups in total. The van der Waals surface area contributed by atoms with Crippen molar-refractivity contribution in [3.8, 4) is 0 Å². The second kappa shape index (κ2) is 9.10. The van der Waals surface area contributed by atoms with Gasteiger partial charge in [-0.1, -0.05) is 41.4 Å². The molecule has 1 saturated heterocycles. The van der Waals surface area contributed by atoms with Crippen molar-refractivity contribution in [3.05, 3.63) is 46.0 Å². The zero-order valence-electron chi connectivity index (χ0n) is 13.6. The highest BCUT2D eigenvalue weighted by molar-refractivity contribution is 6.42. The maximum Gasteiger partial charge on any atom is 0.227 e. The van der Waals surface area contributed by atoms with E-state index in [1.165, 1.54) is 6.42 Å². The number of rotatable bonds is 4. The van der Waals surface area contributed by atoms with Crippen LogP contribution in [0.2, 0.25) is 10.0 Å². The van der Waals surface area contributed by atoms with Gasteiger partial charge in [0.05, 0.1) is 16.5 Å². The number of amides is 1. The molecule has 6 heteroatoms. The van der Waals surface area contributed by atoms with E-state index >= 15 is 0 Å². The summed E-state index contributed by atoms with van der Waals surface area (Å²) in [6.45, 7) is 3.85. The number of hydrogen-bond acceptors (Lipinski definition) is 2. The lowest BCUT2D eigenvalue weighted by Crippen LogP contribution is -2.49. The maximum atomic E-state index is 12.8. The zero-order chi connectivity index (χ0) is 16.2. The average Bonchev–Trinajstić information content (AvgIpc) is 3.04. The average molecular weight is 390 g/mol. The first-order chi connectivity index (χ1) is 11.1. The van der Waals surface area contributed by atoms with Gasteiger partial charge in [-0.05, 0) is 37.0 Å². The lowest BCUT2D eigenvalue weighted by Gasteiger charge is -2.38. The molecule has 0 aliphatic carbocycles. The number of nitrogens with zero attached hydrogens (tertiary/aromatic N) is 2. The van der Waals surface area contributed by atoms with Crippen molar-refractivity contribution in [2.75, 3.05) is 26.2 Å². The van der Waals surface area contributed by atoms with E-state index < -0.39 is 0 Å². The number of benzene rings is 1. The molecule has 1 aromatic rings. The number of piperidine rings is 1. The van der Waals surface area contributed by atoms with Gasteiger partial charge in [0.2, 0.25) is 5.91 Å². The number of carbonyl (C=O) groups is 1. The molecular formula is C18H23Cl3N2O. The zero-order valence-corrected chi connectivity index (χ0v) is 15.9. The molecule has 1 aromatic carbocycles. The molecule has 0 bridgehead atoms. The van der Waals surface area contributed by atoms with Crippen molar-refractivity contribution in [1.82, 2.24) is 9.80 Å². The topological polar surface area (TPSA) is 23.6 Å². The van der Waals surface area contributed by atoms with E-state index in [-0.39, 0.29) is 18.3 Å². The predicted octanol–water partition coefficient (Wildman–Crippen LogP) is 4.21. The van der Waals surface area contributed by atoms with Crippen LogP contribution in [-0.2, 0) is 11.2 Å². The lowest BCUT2D eigenvalue weighted by molar-refractivity contribution is -0.134. The molecule has 2 heterocycles. The van der Waals surface area contributed by atoms with Crippen LogP contribution in [0, 0.1) is 0 Å². The summed E-state index contributed by atoms with van der Waals surface area (Å²) in [6, 6.07) is 5.77. The molecule has 0 spiro atoms. The van der Waals surface area contributed by atoms with Crippen LogP contribution < -0.4 is 0 Å². The number of likely N-dealkylation sites (tertiary alicyclic amines) is 1. The predicted molar refractivity (Wildman–Crippen MR) is 102 cm³/mol. The van der Waals surface area contributed by atoms with Crippen LogP contribution in [0.3, 0.4) is 0 Å². The van der Waals surface area contributed by atoms with Crippen LogP contribution in [0.1, 0.15) is 24.8 Å². The minimum Gasteiger partial charge on any atom is -0.338 e. The summed E-state index contributed by atoms with van der Waals surface area (Å²) in [6.07, 6.45) is 8.20. The first-order valence-electron chi connectivity index (χ1n) is 8.24. The van der Waals surface area contributed by atoms with Crippen LogP contribution in [0.5, 0.6) is 0 Å². The van der Waals surface area contributed by atoms with Gasteiger partial charge in [0.15, 0.2) is 0 Å². The molecule has 1 fully saturated rings. The monoisotopic (exact) mass is 388 g/mol. The molecule has 1 atom stereocenters. The van der Waals surface area contributed by atoms with Gasteiger partial charge in [-0.25, -0.2) is 0 Å². The summed E-state index contributed by atoms with van der Waals surface area (Å²) in [5.74, 6) is 0.195. The normalized spacial score (nSPS) is 20.9. The van der Waals surface area contributed by atoms with Crippen LogP contribution in [0.15, 0.2) is 30.4 Å². The van der Waals surface area contributed by atoms with E-state index in [2.05, 4.69) is 22.0 Å². The molecule has 1 amide bonds. The summed E-state index contributed by atoms with van der Waals surface area (Å²) in [7, 11) is 0. The summed E-state index contributed by atoms with van der Waals surface area (Å²) < 4.78 is 0. The Morgan fingerprint density at radius 1 is 1.12 bits per heavy atom. The third-order valence-electron chi connectivity index (χ3n) is 4.65. The lowest BCUT2D eigenvalue weighted by atomic mass is 10.00. The Morgan fingerprint density at radius 3 is 2.58 bits per heavy atom. The van der Waals surface area contributed by atoms with E-state index in [4.69, 9.17) is 23.2 Å². The fourth-order valence-corrected chi connectivity index (χ4v) is 3.73. The van der Waals surface area contributed by atoms with Gasteiger partial charge in [0.25, 0.3) is 0 Å². The van der Waals surface area contributed by atoms with E-state index in [1.807, 2.05) is 6.07 Å². The highest BCUT2D eigenvalue weighted by atomic mass is 35.5. The summed E-state index contributed by atoms with van der Waals surface area (Å²) in [5.41, 5.74) is 0.927. The molecule has 2 aliphatic heterocycles. The molecule has 0 aromatic heterocycles. The fourth-order valence-electron chi connectivity index (χ4n) is 3.41. The van der Waals surface area contributed by atoms with Crippen LogP contribution >= 0.6 is 35.6 Å². The van der Waals surface area contributed by atoms with Crippen molar-refractivity contribution < 1.29 is 4.79 Å². The van der Waals surface area contributed by atoms with Crippen molar-refractivity contribution in [1.29, 1.82) is 0 Å². The largest absolute Gasteiger partial charge is 0.338 e. The highest BCUT2D eigenvalue weighted by Crippen LogP contribution is 2.24. The van der Waals surface area contributed by atoms with Crippen molar-refractivity contribution in [3.63, 3.8) is 0 Å². The van der Waals surface area contributed by atoms with Gasteiger partial charge in [0.1, 0.15) is 0 Å². The molecule has 0 radical (unpaired) electrons. The Hall–Kier alpha value is -0.740. The van der Waals surface area contributed by atoms with Gasteiger partial charge in [-0.2, -0.15) is 0 Å². The second-order valence-corrected chi connectivity index (χ2v) is 7.17. The molecular weight excluding hydrogens is 367 g/mol. The SMILES string of the molecule is Cl.O=C(Cc1ccc(Cl)c(Cl)c1)N1CCCC[C@H]1CN1CC=CC1. The second-order valence-electron chi connectivity index (χ2n) is 6.35. The minimum atomic E-state index is 0. The van der Waals surface area contributed by atoms with Gasteiger partial charge >= 0.3 is 0 Å². The van der Waals surface area contributed by atoms with Crippen molar-refractivity contribution in [2.45, 2.75) is 31.7 Å². The molecule has 0 saturated carbocycles. The molecule has 3 rings (SSSR count). The minimum absolute atomic E-state index is 0. The smallest absolute Gasteiger partial charge is 0.227 e. The van der Waals surface area contributed by atoms with E-state index in [9.17, 15) is 4.79 Å². The van der Waals surface area contributed by atoms with Gasteiger partial charge in [-0.3, -0.25) is 9.69 Å². The van der Waals surface area contributed by atoms with E-state index in [0.717, 1.165) is 44.6 Å². The van der Waals surface area contributed by atoms with Crippen molar-refractivity contribution >= 4 is 41.5 Å². The first-order valence-corrected chi connectivity index (χ1v) is 9.00. The Bertz CT molecular complexity index is 598. The van der Waals surface area contributed by atoms with E-state index in [0.29, 0.717) is 22.5 Å². The van der Waals surface area contributed by atoms with Crippen LogP contribution in [0.25, 0.3) is 0 Å². The van der Waals surface area contributed by atoms with Gasteiger partial charge < -0.3 is 4.90 Å². The summed E-state index contributed by atoms with van der Waals surface area (Å²) in [4.78, 5) is 17.2.